The summed E-state index contributed by atoms with van der Waals surface area (Å²) in [7, 11) is 3.02. The first-order valence-corrected chi connectivity index (χ1v) is 11.4. The Bertz CT molecular complexity index is 1370. The van der Waals surface area contributed by atoms with Crippen molar-refractivity contribution in [1.82, 2.24) is 14.5 Å². The van der Waals surface area contributed by atoms with Crippen LogP contribution in [-0.4, -0.2) is 66.7 Å². The Balaban J connectivity index is 1.67. The predicted octanol–water partition coefficient (Wildman–Crippen LogP) is 2.07. The minimum atomic E-state index is -0.467. The van der Waals surface area contributed by atoms with Crippen molar-refractivity contribution >= 4 is 16.6 Å². The van der Waals surface area contributed by atoms with Gasteiger partial charge in [-0.1, -0.05) is 0 Å². The largest absolute Gasteiger partial charge is 0.493 e. The van der Waals surface area contributed by atoms with Gasteiger partial charge in [0, 0.05) is 42.4 Å². The molecule has 0 unspecified atom stereocenters. The predicted molar refractivity (Wildman–Crippen MR) is 128 cm³/mol. The van der Waals surface area contributed by atoms with E-state index < -0.39 is 4.92 Å². The van der Waals surface area contributed by atoms with Gasteiger partial charge in [0.15, 0.2) is 18.3 Å². The van der Waals surface area contributed by atoms with Crippen LogP contribution in [0.25, 0.3) is 10.9 Å². The van der Waals surface area contributed by atoms with E-state index in [9.17, 15) is 14.9 Å². The van der Waals surface area contributed by atoms with Crippen LogP contribution < -0.4 is 19.8 Å². The molecule has 1 fully saturated rings. The second kappa shape index (κ2) is 10.1. The highest BCUT2D eigenvalue weighted by Crippen LogP contribution is 2.34. The van der Waals surface area contributed by atoms with Crippen molar-refractivity contribution in [2.75, 3.05) is 47.3 Å². The summed E-state index contributed by atoms with van der Waals surface area (Å²) in [5.41, 5.74) is 1.16. The van der Waals surface area contributed by atoms with Gasteiger partial charge in [-0.3, -0.25) is 24.4 Å². The van der Waals surface area contributed by atoms with Crippen molar-refractivity contribution in [2.45, 2.75) is 19.7 Å². The molecule has 190 valence electrons. The van der Waals surface area contributed by atoms with Crippen LogP contribution in [0.2, 0.25) is 0 Å². The molecule has 0 bridgehead atoms. The first kappa shape index (κ1) is 24.0. The van der Waals surface area contributed by atoms with Crippen molar-refractivity contribution in [3.63, 3.8) is 0 Å². The second-order valence-corrected chi connectivity index (χ2v) is 8.49. The van der Waals surface area contributed by atoms with Gasteiger partial charge in [0.2, 0.25) is 0 Å². The molecule has 2 aliphatic rings. The van der Waals surface area contributed by atoms with E-state index in [1.165, 1.54) is 26.4 Å². The number of aromatic nitrogens is 2. The molecule has 0 aliphatic carbocycles. The molecule has 2 aromatic carbocycles. The molecule has 3 aromatic rings. The van der Waals surface area contributed by atoms with Crippen molar-refractivity contribution in [3.8, 4) is 17.2 Å². The lowest BCUT2D eigenvalue weighted by Crippen LogP contribution is -2.38. The molecular formula is C24H26N4O8. The summed E-state index contributed by atoms with van der Waals surface area (Å²) in [4.78, 5) is 31.9. The van der Waals surface area contributed by atoms with E-state index in [1.807, 2.05) is 0 Å². The van der Waals surface area contributed by atoms with Gasteiger partial charge < -0.3 is 23.7 Å². The number of benzene rings is 2. The fourth-order valence-electron chi connectivity index (χ4n) is 4.51. The number of methoxy groups -OCH3 is 2. The van der Waals surface area contributed by atoms with Crippen LogP contribution in [0.5, 0.6) is 17.2 Å². The van der Waals surface area contributed by atoms with Gasteiger partial charge in [-0.05, 0) is 6.07 Å². The second-order valence-electron chi connectivity index (χ2n) is 8.49. The highest BCUT2D eigenvalue weighted by Gasteiger charge is 2.24. The molecule has 0 atom stereocenters. The van der Waals surface area contributed by atoms with E-state index in [-0.39, 0.29) is 31.2 Å². The maximum atomic E-state index is 13.8. The number of non-ortho nitro benzene ring substituents is 1. The average Bonchev–Trinajstić information content (AvgIpc) is 2.90. The number of ether oxygens (including phenoxy) is 5. The Labute approximate surface area is 206 Å². The molecule has 12 heteroatoms. The molecule has 0 spiro atoms. The van der Waals surface area contributed by atoms with E-state index in [0.29, 0.717) is 78.0 Å². The minimum absolute atomic E-state index is 0.0281. The van der Waals surface area contributed by atoms with Crippen LogP contribution in [-0.2, 0) is 29.2 Å². The topological polar surface area (TPSA) is 127 Å². The fraction of sp³-hybridized carbons (Fsp3) is 0.417. The lowest BCUT2D eigenvalue weighted by molar-refractivity contribution is -0.385. The third kappa shape index (κ3) is 4.57. The summed E-state index contributed by atoms with van der Waals surface area (Å²) in [6, 6.07) is 6.16. The molecule has 0 amide bonds. The summed E-state index contributed by atoms with van der Waals surface area (Å²) in [5.74, 6) is 1.88. The summed E-state index contributed by atoms with van der Waals surface area (Å²) < 4.78 is 28.8. The third-order valence-electron chi connectivity index (χ3n) is 6.32. The van der Waals surface area contributed by atoms with Gasteiger partial charge >= 0.3 is 0 Å². The van der Waals surface area contributed by atoms with Crippen LogP contribution in [0, 0.1) is 10.1 Å². The molecule has 5 rings (SSSR count). The Morgan fingerprint density at radius 3 is 2.53 bits per heavy atom. The molecule has 1 aromatic heterocycles. The molecule has 2 aliphatic heterocycles. The molecule has 1 saturated heterocycles. The Morgan fingerprint density at radius 2 is 1.81 bits per heavy atom. The molecule has 36 heavy (non-hydrogen) atoms. The zero-order valence-electron chi connectivity index (χ0n) is 20.0. The summed E-state index contributed by atoms with van der Waals surface area (Å²) in [5, 5.41) is 11.9. The number of nitrogens with zero attached hydrogens (tertiary/aromatic N) is 4. The number of morpholine rings is 1. The molecule has 0 saturated carbocycles. The zero-order valence-corrected chi connectivity index (χ0v) is 20.0. The van der Waals surface area contributed by atoms with Crippen molar-refractivity contribution in [2.24, 2.45) is 0 Å². The summed E-state index contributed by atoms with van der Waals surface area (Å²) >= 11 is 0. The maximum Gasteiger partial charge on any atom is 0.270 e. The van der Waals surface area contributed by atoms with Gasteiger partial charge in [-0.15, -0.1) is 0 Å². The quantitative estimate of drug-likeness (QED) is 0.353. The van der Waals surface area contributed by atoms with Crippen molar-refractivity contribution < 1.29 is 28.6 Å². The number of rotatable bonds is 7. The summed E-state index contributed by atoms with van der Waals surface area (Å²) in [6.07, 6.45) is 0. The third-order valence-corrected chi connectivity index (χ3v) is 6.32. The number of nitro groups is 1. The first-order valence-electron chi connectivity index (χ1n) is 11.4. The molecular weight excluding hydrogens is 472 g/mol. The number of hydrogen-bond acceptors (Lipinski definition) is 10. The molecule has 12 nitrogen and oxygen atoms in total. The van der Waals surface area contributed by atoms with E-state index in [1.54, 1.807) is 16.7 Å². The maximum absolute atomic E-state index is 13.8. The van der Waals surface area contributed by atoms with Gasteiger partial charge in [0.05, 0.1) is 63.0 Å². The summed E-state index contributed by atoms with van der Waals surface area (Å²) in [6.45, 7) is 3.25. The molecule has 0 N–H and O–H groups in total. The van der Waals surface area contributed by atoms with Gasteiger partial charge in [0.1, 0.15) is 11.6 Å². The van der Waals surface area contributed by atoms with Crippen molar-refractivity contribution in [1.29, 1.82) is 0 Å². The fourth-order valence-corrected chi connectivity index (χ4v) is 4.51. The van der Waals surface area contributed by atoms with E-state index in [4.69, 9.17) is 28.7 Å². The lowest BCUT2D eigenvalue weighted by Gasteiger charge is -2.27. The normalized spacial score (nSPS) is 15.8. The smallest absolute Gasteiger partial charge is 0.270 e. The van der Waals surface area contributed by atoms with Crippen LogP contribution in [0.3, 0.4) is 0 Å². The Kier molecular flexibility index (Phi) is 6.72. The van der Waals surface area contributed by atoms with Gasteiger partial charge in [-0.2, -0.15) is 0 Å². The van der Waals surface area contributed by atoms with E-state index in [0.717, 1.165) is 0 Å². The van der Waals surface area contributed by atoms with Crippen LogP contribution >= 0.6 is 0 Å². The van der Waals surface area contributed by atoms with Crippen molar-refractivity contribution in [3.05, 3.63) is 61.7 Å². The van der Waals surface area contributed by atoms with E-state index >= 15 is 0 Å². The highest BCUT2D eigenvalue weighted by molar-refractivity contribution is 5.82. The molecule has 0 radical (unpaired) electrons. The Morgan fingerprint density at radius 1 is 1.06 bits per heavy atom. The number of hydrogen-bond donors (Lipinski definition) is 0. The minimum Gasteiger partial charge on any atom is -0.493 e. The van der Waals surface area contributed by atoms with Gasteiger partial charge in [0.25, 0.3) is 11.2 Å². The number of nitro benzene ring substituents is 1. The number of fused-ring (bicyclic) bond motifs is 2. The van der Waals surface area contributed by atoms with Crippen LogP contribution in [0.15, 0.2) is 29.1 Å². The monoisotopic (exact) mass is 498 g/mol. The van der Waals surface area contributed by atoms with Crippen LogP contribution in [0.4, 0.5) is 5.69 Å². The Hall–Kier alpha value is -3.74. The average molecular weight is 498 g/mol. The highest BCUT2D eigenvalue weighted by atomic mass is 16.7. The zero-order chi connectivity index (χ0) is 25.2. The van der Waals surface area contributed by atoms with Crippen LogP contribution in [0.1, 0.15) is 17.0 Å². The molecule has 3 heterocycles. The SMILES string of the molecule is COc1cc2nc(CN3CCOCC3)n(Cc3cc([N+](=O)[O-])cc4c3OCOC4)c(=O)c2cc1OC. The lowest BCUT2D eigenvalue weighted by atomic mass is 10.1. The van der Waals surface area contributed by atoms with E-state index in [2.05, 4.69) is 4.90 Å². The van der Waals surface area contributed by atoms with Gasteiger partial charge in [-0.25, -0.2) is 4.98 Å². The standard InChI is InChI=1S/C24H26N4O8/c1-32-20-9-18-19(10-21(20)33-2)25-22(12-26-3-5-34-6-4-26)27(24(18)29)11-15-7-17(28(30)31)8-16-13-35-14-36-23(15)16/h7-10H,3-6,11-14H2,1-2H3. The first-order chi connectivity index (χ1) is 17.5.